The summed E-state index contributed by atoms with van der Waals surface area (Å²) in [7, 11) is 1.87. The van der Waals surface area contributed by atoms with Crippen molar-refractivity contribution in [3.05, 3.63) is 41.7 Å². The molecule has 1 aliphatic heterocycles. The molecule has 8 heteroatoms. The summed E-state index contributed by atoms with van der Waals surface area (Å²) in [4.78, 5) is 19.6. The first kappa shape index (κ1) is 19.2. The van der Waals surface area contributed by atoms with Crippen LogP contribution < -0.4 is 0 Å². The molecule has 1 aliphatic carbocycles. The van der Waals surface area contributed by atoms with Gasteiger partial charge in [0, 0.05) is 38.6 Å². The summed E-state index contributed by atoms with van der Waals surface area (Å²) in [6.07, 6.45) is 5.08. The minimum absolute atomic E-state index is 0.0373. The van der Waals surface area contributed by atoms with E-state index in [-0.39, 0.29) is 11.8 Å². The Kier molecular flexibility index (Phi) is 5.25. The number of likely N-dealkylation sites (tertiary alicyclic amines) is 1. The zero-order chi connectivity index (χ0) is 20.5. The van der Waals surface area contributed by atoms with Crippen LogP contribution in [0.3, 0.4) is 0 Å². The Balaban J connectivity index is 1.23. The summed E-state index contributed by atoms with van der Waals surface area (Å²) in [6, 6.07) is 7.83. The van der Waals surface area contributed by atoms with Crippen molar-refractivity contribution in [2.75, 3.05) is 26.3 Å². The Bertz CT molecular complexity index is 1040. The van der Waals surface area contributed by atoms with Crippen LogP contribution in [0.15, 0.2) is 28.8 Å². The Labute approximate surface area is 175 Å². The molecule has 1 unspecified atom stereocenters. The van der Waals surface area contributed by atoms with E-state index in [4.69, 9.17) is 9.26 Å². The largest absolute Gasteiger partial charge is 0.381 e. The second-order valence-electron chi connectivity index (χ2n) is 8.40. The van der Waals surface area contributed by atoms with Crippen LogP contribution in [0.1, 0.15) is 53.8 Å². The SMILES string of the molecule is Cn1nc(C(=O)N2CCCC(c3nc(CCOCC4CC4)no3)C2)c2ccccc21. The molecular formula is C22H27N5O3. The van der Waals surface area contributed by atoms with Crippen molar-refractivity contribution in [2.45, 2.75) is 38.0 Å². The summed E-state index contributed by atoms with van der Waals surface area (Å²) >= 11 is 0. The van der Waals surface area contributed by atoms with Gasteiger partial charge in [-0.2, -0.15) is 10.1 Å². The molecule has 1 aromatic carbocycles. The van der Waals surface area contributed by atoms with Crippen LogP contribution in [0.4, 0.5) is 0 Å². The number of hydrogen-bond donors (Lipinski definition) is 0. The van der Waals surface area contributed by atoms with E-state index in [1.54, 1.807) is 4.68 Å². The average molecular weight is 409 g/mol. The number of aryl methyl sites for hydroxylation is 1. The van der Waals surface area contributed by atoms with Gasteiger partial charge in [0.1, 0.15) is 0 Å². The Morgan fingerprint density at radius 3 is 3.00 bits per heavy atom. The van der Waals surface area contributed by atoms with Crippen LogP contribution in [0, 0.1) is 5.92 Å². The zero-order valence-corrected chi connectivity index (χ0v) is 17.3. The average Bonchev–Trinajstić information content (AvgIpc) is 3.38. The van der Waals surface area contributed by atoms with Crippen molar-refractivity contribution in [1.82, 2.24) is 24.8 Å². The molecular weight excluding hydrogens is 382 g/mol. The highest BCUT2D eigenvalue weighted by Gasteiger charge is 2.31. The van der Waals surface area contributed by atoms with Gasteiger partial charge in [-0.3, -0.25) is 9.48 Å². The fourth-order valence-corrected chi connectivity index (χ4v) is 4.12. The Hall–Kier alpha value is -2.74. The van der Waals surface area contributed by atoms with Gasteiger partial charge in [-0.05, 0) is 37.7 Å². The van der Waals surface area contributed by atoms with Crippen molar-refractivity contribution in [3.8, 4) is 0 Å². The molecule has 1 saturated carbocycles. The van der Waals surface area contributed by atoms with Gasteiger partial charge in [0.15, 0.2) is 11.5 Å². The van der Waals surface area contributed by atoms with E-state index in [0.29, 0.717) is 37.0 Å². The van der Waals surface area contributed by atoms with Gasteiger partial charge in [0.25, 0.3) is 5.91 Å². The molecule has 8 nitrogen and oxygen atoms in total. The summed E-state index contributed by atoms with van der Waals surface area (Å²) in [5, 5.41) is 9.48. The summed E-state index contributed by atoms with van der Waals surface area (Å²) in [6.45, 7) is 2.75. The van der Waals surface area contributed by atoms with E-state index in [0.717, 1.165) is 42.8 Å². The minimum atomic E-state index is -0.0373. The topological polar surface area (TPSA) is 86.3 Å². The minimum Gasteiger partial charge on any atom is -0.381 e. The Morgan fingerprint density at radius 2 is 2.13 bits per heavy atom. The molecule has 3 aromatic rings. The molecule has 0 spiro atoms. The number of ether oxygens (including phenoxy) is 1. The maximum absolute atomic E-state index is 13.2. The standard InChI is InChI=1S/C22H27N5O3/c1-26-18-7-3-2-6-17(18)20(24-26)22(28)27-11-4-5-16(13-27)21-23-19(25-30-21)10-12-29-14-15-8-9-15/h2-3,6-7,15-16H,4-5,8-14H2,1H3. The van der Waals surface area contributed by atoms with E-state index >= 15 is 0 Å². The Morgan fingerprint density at radius 1 is 1.27 bits per heavy atom. The molecule has 1 saturated heterocycles. The van der Waals surface area contributed by atoms with Crippen molar-refractivity contribution in [1.29, 1.82) is 0 Å². The van der Waals surface area contributed by atoms with Crippen LogP contribution in [-0.4, -0.2) is 57.0 Å². The van der Waals surface area contributed by atoms with Crippen molar-refractivity contribution >= 4 is 16.8 Å². The lowest BCUT2D eigenvalue weighted by atomic mass is 9.97. The van der Waals surface area contributed by atoms with Crippen LogP contribution in [0.5, 0.6) is 0 Å². The predicted molar refractivity (Wildman–Crippen MR) is 110 cm³/mol. The third-order valence-electron chi connectivity index (χ3n) is 6.02. The summed E-state index contributed by atoms with van der Waals surface area (Å²) < 4.78 is 13.0. The molecule has 30 heavy (non-hydrogen) atoms. The quantitative estimate of drug-likeness (QED) is 0.558. The predicted octanol–water partition coefficient (Wildman–Crippen LogP) is 2.95. The maximum atomic E-state index is 13.2. The monoisotopic (exact) mass is 409 g/mol. The van der Waals surface area contributed by atoms with E-state index in [1.165, 1.54) is 12.8 Å². The number of nitrogens with zero attached hydrogens (tertiary/aromatic N) is 5. The van der Waals surface area contributed by atoms with Gasteiger partial charge in [-0.15, -0.1) is 0 Å². The van der Waals surface area contributed by atoms with Crippen LogP contribution in [0.25, 0.3) is 10.9 Å². The van der Waals surface area contributed by atoms with Crippen molar-refractivity contribution in [3.63, 3.8) is 0 Å². The number of fused-ring (bicyclic) bond motifs is 1. The molecule has 0 N–H and O–H groups in total. The molecule has 0 bridgehead atoms. The fourth-order valence-electron chi connectivity index (χ4n) is 4.12. The van der Waals surface area contributed by atoms with Gasteiger partial charge < -0.3 is 14.2 Å². The molecule has 3 heterocycles. The third kappa shape index (κ3) is 3.96. The first-order chi connectivity index (χ1) is 14.7. The second-order valence-corrected chi connectivity index (χ2v) is 8.40. The van der Waals surface area contributed by atoms with Crippen LogP contribution in [0.2, 0.25) is 0 Å². The lowest BCUT2D eigenvalue weighted by molar-refractivity contribution is 0.0690. The maximum Gasteiger partial charge on any atom is 0.275 e. The third-order valence-corrected chi connectivity index (χ3v) is 6.02. The van der Waals surface area contributed by atoms with Crippen molar-refractivity contribution < 1.29 is 14.1 Å². The molecule has 1 atom stereocenters. The molecule has 158 valence electrons. The first-order valence-electron chi connectivity index (χ1n) is 10.8. The number of rotatable bonds is 7. The van der Waals surface area contributed by atoms with E-state index in [1.807, 2.05) is 36.2 Å². The van der Waals surface area contributed by atoms with E-state index < -0.39 is 0 Å². The zero-order valence-electron chi connectivity index (χ0n) is 17.3. The van der Waals surface area contributed by atoms with Gasteiger partial charge in [-0.1, -0.05) is 23.4 Å². The van der Waals surface area contributed by atoms with Gasteiger partial charge in [0.05, 0.1) is 18.0 Å². The highest BCUT2D eigenvalue weighted by Crippen LogP contribution is 2.29. The van der Waals surface area contributed by atoms with E-state index in [2.05, 4.69) is 15.2 Å². The highest BCUT2D eigenvalue weighted by atomic mass is 16.5. The number of amides is 1. The highest BCUT2D eigenvalue weighted by molar-refractivity contribution is 6.04. The summed E-state index contributed by atoms with van der Waals surface area (Å²) in [5.74, 6) is 2.08. The first-order valence-corrected chi connectivity index (χ1v) is 10.8. The summed E-state index contributed by atoms with van der Waals surface area (Å²) in [5.41, 5.74) is 1.47. The lowest BCUT2D eigenvalue weighted by Crippen LogP contribution is -2.39. The molecule has 2 aromatic heterocycles. The number of carbonyl (C=O) groups excluding carboxylic acids is 1. The molecule has 0 radical (unpaired) electrons. The number of piperidine rings is 1. The van der Waals surface area contributed by atoms with Crippen molar-refractivity contribution in [2.24, 2.45) is 13.0 Å². The van der Waals surface area contributed by atoms with Gasteiger partial charge in [0.2, 0.25) is 5.89 Å². The van der Waals surface area contributed by atoms with Crippen LogP contribution >= 0.6 is 0 Å². The molecule has 2 fully saturated rings. The van der Waals surface area contributed by atoms with Gasteiger partial charge >= 0.3 is 0 Å². The number of benzene rings is 1. The van der Waals surface area contributed by atoms with Crippen LogP contribution in [-0.2, 0) is 18.2 Å². The lowest BCUT2D eigenvalue weighted by Gasteiger charge is -2.30. The number of hydrogen-bond acceptors (Lipinski definition) is 6. The molecule has 5 rings (SSSR count). The molecule has 2 aliphatic rings. The normalized spacial score (nSPS) is 19.5. The molecule has 1 amide bonds. The smallest absolute Gasteiger partial charge is 0.275 e. The fraction of sp³-hybridized carbons (Fsp3) is 0.545. The number of carbonyl (C=O) groups is 1. The number of para-hydroxylation sites is 1. The van der Waals surface area contributed by atoms with E-state index in [9.17, 15) is 4.79 Å². The second kappa shape index (κ2) is 8.18. The van der Waals surface area contributed by atoms with Gasteiger partial charge in [-0.25, -0.2) is 0 Å². The number of aromatic nitrogens is 4.